The molecule has 2 aromatic rings. The number of thiophene rings is 1. The van der Waals surface area contributed by atoms with Crippen LogP contribution in [0.4, 0.5) is 0 Å². The normalized spacial score (nSPS) is 12.8. The fourth-order valence-electron chi connectivity index (χ4n) is 1.99. The minimum absolute atomic E-state index is 0.224. The summed E-state index contributed by atoms with van der Waals surface area (Å²) < 4.78 is 3.13. The number of halogens is 1. The Morgan fingerprint density at radius 2 is 2.33 bits per heavy atom. The van der Waals surface area contributed by atoms with Crippen molar-refractivity contribution in [3.63, 3.8) is 0 Å². The predicted octanol–water partition coefficient (Wildman–Crippen LogP) is 3.82. The van der Waals surface area contributed by atoms with Gasteiger partial charge in [0.1, 0.15) is 0 Å². The van der Waals surface area contributed by atoms with Crippen LogP contribution in [0, 0.1) is 0 Å². The van der Waals surface area contributed by atoms with Gasteiger partial charge in [0.25, 0.3) is 0 Å². The highest BCUT2D eigenvalue weighted by Crippen LogP contribution is 2.31. The van der Waals surface area contributed by atoms with Gasteiger partial charge in [0.2, 0.25) is 0 Å². The van der Waals surface area contributed by atoms with Gasteiger partial charge in [-0.1, -0.05) is 13.0 Å². The highest BCUT2D eigenvalue weighted by Gasteiger charge is 2.21. The minimum atomic E-state index is 0.224. The summed E-state index contributed by atoms with van der Waals surface area (Å²) in [5, 5.41) is 10.1. The van der Waals surface area contributed by atoms with Gasteiger partial charge in [-0.2, -0.15) is 5.10 Å². The summed E-state index contributed by atoms with van der Waals surface area (Å²) in [6.07, 6.45) is 3.01. The van der Waals surface area contributed by atoms with Gasteiger partial charge in [0.05, 0.1) is 22.4 Å². The van der Waals surface area contributed by atoms with Crippen LogP contribution in [0.3, 0.4) is 0 Å². The number of aryl methyl sites for hydroxylation is 1. The van der Waals surface area contributed by atoms with E-state index >= 15 is 0 Å². The molecular formula is C13H18BrN3S. The molecule has 5 heteroatoms. The van der Waals surface area contributed by atoms with Gasteiger partial charge in [-0.15, -0.1) is 11.3 Å². The summed E-state index contributed by atoms with van der Waals surface area (Å²) in [4.78, 5) is 1.33. The van der Waals surface area contributed by atoms with Crippen LogP contribution in [-0.4, -0.2) is 16.3 Å². The fraction of sp³-hybridized carbons (Fsp3) is 0.462. The third-order valence-electron chi connectivity index (χ3n) is 2.83. The maximum absolute atomic E-state index is 4.41. The molecule has 3 nitrogen and oxygen atoms in total. The number of nitrogens with one attached hydrogen (secondary N) is 1. The van der Waals surface area contributed by atoms with Crippen molar-refractivity contribution >= 4 is 27.3 Å². The molecule has 0 fully saturated rings. The molecule has 0 saturated heterocycles. The van der Waals surface area contributed by atoms with Crippen molar-refractivity contribution in [3.8, 4) is 0 Å². The Bertz CT molecular complexity index is 478. The zero-order valence-corrected chi connectivity index (χ0v) is 13.1. The fourth-order valence-corrected chi connectivity index (χ4v) is 3.31. The van der Waals surface area contributed by atoms with Crippen LogP contribution in [0.5, 0.6) is 0 Å². The molecular weight excluding hydrogens is 310 g/mol. The number of aromatic nitrogens is 2. The molecule has 1 N–H and O–H groups in total. The van der Waals surface area contributed by atoms with Crippen molar-refractivity contribution in [2.24, 2.45) is 0 Å². The van der Waals surface area contributed by atoms with Gasteiger partial charge in [-0.3, -0.25) is 4.68 Å². The lowest BCUT2D eigenvalue weighted by Gasteiger charge is -2.19. The van der Waals surface area contributed by atoms with E-state index in [-0.39, 0.29) is 6.04 Å². The summed E-state index contributed by atoms with van der Waals surface area (Å²) in [6.45, 7) is 6.19. The number of nitrogens with zero attached hydrogens (tertiary/aromatic N) is 2. The second-order valence-electron chi connectivity index (χ2n) is 4.10. The first-order valence-electron chi connectivity index (χ1n) is 6.25. The molecule has 0 aliphatic heterocycles. The molecule has 0 radical (unpaired) electrons. The SMILES string of the molecule is CCCNC(c1cccs1)c1c(Br)cnn1CC. The van der Waals surface area contributed by atoms with Crippen LogP contribution in [-0.2, 0) is 6.54 Å². The average molecular weight is 328 g/mol. The van der Waals surface area contributed by atoms with Gasteiger partial charge in [0, 0.05) is 11.4 Å². The molecule has 0 spiro atoms. The summed E-state index contributed by atoms with van der Waals surface area (Å²) >= 11 is 5.40. The largest absolute Gasteiger partial charge is 0.304 e. The maximum atomic E-state index is 4.41. The third-order valence-corrected chi connectivity index (χ3v) is 4.38. The van der Waals surface area contributed by atoms with Gasteiger partial charge >= 0.3 is 0 Å². The summed E-state index contributed by atoms with van der Waals surface area (Å²) in [5.74, 6) is 0. The molecule has 18 heavy (non-hydrogen) atoms. The summed E-state index contributed by atoms with van der Waals surface area (Å²) in [7, 11) is 0. The lowest BCUT2D eigenvalue weighted by molar-refractivity contribution is 0.533. The molecule has 0 bridgehead atoms. The molecule has 1 unspecified atom stereocenters. The van der Waals surface area contributed by atoms with Crippen LogP contribution in [0.15, 0.2) is 28.2 Å². The van der Waals surface area contributed by atoms with E-state index in [2.05, 4.69) is 62.4 Å². The monoisotopic (exact) mass is 327 g/mol. The molecule has 2 heterocycles. The van der Waals surface area contributed by atoms with E-state index in [1.807, 2.05) is 6.20 Å². The highest BCUT2D eigenvalue weighted by molar-refractivity contribution is 9.10. The third kappa shape index (κ3) is 2.84. The van der Waals surface area contributed by atoms with Crippen LogP contribution in [0.25, 0.3) is 0 Å². The number of hydrogen-bond donors (Lipinski definition) is 1. The quantitative estimate of drug-likeness (QED) is 0.874. The summed E-state index contributed by atoms with van der Waals surface area (Å²) in [6, 6.07) is 4.50. The van der Waals surface area contributed by atoms with Crippen LogP contribution >= 0.6 is 27.3 Å². The predicted molar refractivity (Wildman–Crippen MR) is 80.1 cm³/mol. The summed E-state index contributed by atoms with van der Waals surface area (Å²) in [5.41, 5.74) is 1.22. The Morgan fingerprint density at radius 3 is 2.94 bits per heavy atom. The van der Waals surface area contributed by atoms with Gasteiger partial charge in [-0.25, -0.2) is 0 Å². The Kier molecular flexibility index (Phi) is 4.97. The van der Waals surface area contributed by atoms with E-state index < -0.39 is 0 Å². The van der Waals surface area contributed by atoms with Crippen molar-refractivity contribution in [3.05, 3.63) is 38.8 Å². The highest BCUT2D eigenvalue weighted by atomic mass is 79.9. The zero-order chi connectivity index (χ0) is 13.0. The molecule has 98 valence electrons. The lowest BCUT2D eigenvalue weighted by atomic mass is 10.1. The zero-order valence-electron chi connectivity index (χ0n) is 10.7. The lowest BCUT2D eigenvalue weighted by Crippen LogP contribution is -2.25. The maximum Gasteiger partial charge on any atom is 0.0853 e. The average Bonchev–Trinajstić information content (AvgIpc) is 3.01. The minimum Gasteiger partial charge on any atom is -0.304 e. The number of rotatable bonds is 6. The van der Waals surface area contributed by atoms with E-state index in [4.69, 9.17) is 0 Å². The van der Waals surface area contributed by atoms with E-state index in [1.54, 1.807) is 11.3 Å². The van der Waals surface area contributed by atoms with Crippen molar-refractivity contribution in [2.75, 3.05) is 6.54 Å². The Balaban J connectivity index is 2.36. The standard InChI is InChI=1S/C13H18BrN3S/c1-3-7-15-12(11-6-5-8-18-11)13-10(14)9-16-17(13)4-2/h5-6,8-9,12,15H,3-4,7H2,1-2H3. The molecule has 2 rings (SSSR count). The van der Waals surface area contributed by atoms with E-state index in [0.717, 1.165) is 24.0 Å². The Hall–Kier alpha value is -0.650. The molecule has 0 amide bonds. The van der Waals surface area contributed by atoms with Gasteiger partial charge in [-0.05, 0) is 47.3 Å². The molecule has 2 aromatic heterocycles. The van der Waals surface area contributed by atoms with Crippen molar-refractivity contribution in [1.82, 2.24) is 15.1 Å². The van der Waals surface area contributed by atoms with Gasteiger partial charge in [0.15, 0.2) is 0 Å². The second kappa shape index (κ2) is 6.50. The Labute approximate surface area is 120 Å². The van der Waals surface area contributed by atoms with Crippen LogP contribution in [0.1, 0.15) is 36.9 Å². The first-order chi connectivity index (χ1) is 8.77. The topological polar surface area (TPSA) is 29.9 Å². The Morgan fingerprint density at radius 1 is 1.50 bits per heavy atom. The van der Waals surface area contributed by atoms with E-state index in [9.17, 15) is 0 Å². The van der Waals surface area contributed by atoms with Crippen molar-refractivity contribution in [2.45, 2.75) is 32.9 Å². The van der Waals surface area contributed by atoms with Crippen molar-refractivity contribution < 1.29 is 0 Å². The van der Waals surface area contributed by atoms with Gasteiger partial charge < -0.3 is 5.32 Å². The van der Waals surface area contributed by atoms with Crippen LogP contribution in [0.2, 0.25) is 0 Å². The smallest absolute Gasteiger partial charge is 0.0853 e. The van der Waals surface area contributed by atoms with Crippen molar-refractivity contribution in [1.29, 1.82) is 0 Å². The first-order valence-corrected chi connectivity index (χ1v) is 7.93. The molecule has 1 atom stereocenters. The van der Waals surface area contributed by atoms with E-state index in [0.29, 0.717) is 0 Å². The van der Waals surface area contributed by atoms with Crippen LogP contribution < -0.4 is 5.32 Å². The molecule has 0 aliphatic carbocycles. The second-order valence-corrected chi connectivity index (χ2v) is 5.93. The molecule has 0 aromatic carbocycles. The molecule has 0 aliphatic rings. The number of hydrogen-bond acceptors (Lipinski definition) is 3. The van der Waals surface area contributed by atoms with E-state index in [1.165, 1.54) is 10.6 Å². The molecule has 0 saturated carbocycles. The first kappa shape index (κ1) is 13.8.